The molecule has 72 valence electrons. The lowest BCUT2D eigenvalue weighted by atomic mass is 9.67. The van der Waals surface area contributed by atoms with Crippen LogP contribution in [0, 0.1) is 5.41 Å². The fourth-order valence-electron chi connectivity index (χ4n) is 2.55. The van der Waals surface area contributed by atoms with Crippen molar-refractivity contribution in [3.05, 3.63) is 12.2 Å². The third-order valence-electron chi connectivity index (χ3n) is 3.49. The Morgan fingerprint density at radius 3 is 3.08 bits per heavy atom. The molecule has 2 rings (SSSR count). The highest BCUT2D eigenvalue weighted by Gasteiger charge is 2.41. The van der Waals surface area contributed by atoms with Gasteiger partial charge >= 0.3 is 0 Å². The van der Waals surface area contributed by atoms with Crippen LogP contribution >= 0.6 is 0 Å². The largest absolute Gasteiger partial charge is 0.388 e. The summed E-state index contributed by atoms with van der Waals surface area (Å²) < 4.78 is 0. The van der Waals surface area contributed by atoms with Crippen molar-refractivity contribution < 1.29 is 5.11 Å². The van der Waals surface area contributed by atoms with Crippen LogP contribution in [0.2, 0.25) is 0 Å². The van der Waals surface area contributed by atoms with Gasteiger partial charge in [-0.15, -0.1) is 0 Å². The average Bonchev–Trinajstić information content (AvgIpc) is 2.15. The SMILES string of the molecule is CC1=NCCC[C@]12CCC=C[C@H]2O. The minimum Gasteiger partial charge on any atom is -0.388 e. The highest BCUT2D eigenvalue weighted by Crippen LogP contribution is 2.40. The van der Waals surface area contributed by atoms with Crippen LogP contribution in [0.25, 0.3) is 0 Å². The molecular weight excluding hydrogens is 162 g/mol. The second-order valence-corrected chi connectivity index (χ2v) is 4.14. The second kappa shape index (κ2) is 3.26. The Hall–Kier alpha value is -0.630. The van der Waals surface area contributed by atoms with E-state index in [1.165, 1.54) is 0 Å². The second-order valence-electron chi connectivity index (χ2n) is 4.14. The van der Waals surface area contributed by atoms with Gasteiger partial charge in [-0.05, 0) is 32.6 Å². The molecule has 2 heteroatoms. The molecule has 1 aliphatic heterocycles. The van der Waals surface area contributed by atoms with Crippen LogP contribution in [0.3, 0.4) is 0 Å². The van der Waals surface area contributed by atoms with Gasteiger partial charge in [0.1, 0.15) is 0 Å². The summed E-state index contributed by atoms with van der Waals surface area (Å²) in [6.45, 7) is 3.02. The van der Waals surface area contributed by atoms with E-state index in [4.69, 9.17) is 0 Å². The monoisotopic (exact) mass is 179 g/mol. The van der Waals surface area contributed by atoms with Crippen LogP contribution in [0.1, 0.15) is 32.6 Å². The molecule has 2 atom stereocenters. The van der Waals surface area contributed by atoms with E-state index in [1.807, 2.05) is 6.08 Å². The summed E-state index contributed by atoms with van der Waals surface area (Å²) in [5.74, 6) is 0. The predicted octanol–water partition coefficient (Wildman–Crippen LogP) is 1.94. The lowest BCUT2D eigenvalue weighted by molar-refractivity contribution is 0.0883. The van der Waals surface area contributed by atoms with Crippen molar-refractivity contribution in [1.29, 1.82) is 0 Å². The summed E-state index contributed by atoms with van der Waals surface area (Å²) in [5.41, 5.74) is 1.16. The Balaban J connectivity index is 2.31. The molecule has 0 radical (unpaired) electrons. The van der Waals surface area contributed by atoms with Crippen molar-refractivity contribution in [3.63, 3.8) is 0 Å². The van der Waals surface area contributed by atoms with E-state index < -0.39 is 0 Å². The Labute approximate surface area is 79.4 Å². The third kappa shape index (κ3) is 1.33. The molecule has 0 saturated heterocycles. The van der Waals surface area contributed by atoms with Gasteiger partial charge in [0.2, 0.25) is 0 Å². The minimum atomic E-state index is -0.301. The Kier molecular flexibility index (Phi) is 2.24. The fraction of sp³-hybridized carbons (Fsp3) is 0.727. The fourth-order valence-corrected chi connectivity index (χ4v) is 2.55. The first-order valence-electron chi connectivity index (χ1n) is 5.12. The summed E-state index contributed by atoms with van der Waals surface area (Å²) in [4.78, 5) is 4.48. The van der Waals surface area contributed by atoms with Gasteiger partial charge < -0.3 is 5.11 Å². The molecule has 0 aromatic carbocycles. The number of allylic oxidation sites excluding steroid dienone is 1. The zero-order valence-corrected chi connectivity index (χ0v) is 8.16. The number of hydrogen-bond acceptors (Lipinski definition) is 2. The van der Waals surface area contributed by atoms with Crippen LogP contribution in [0.15, 0.2) is 17.1 Å². The van der Waals surface area contributed by atoms with Gasteiger partial charge in [0.25, 0.3) is 0 Å². The van der Waals surface area contributed by atoms with E-state index >= 15 is 0 Å². The summed E-state index contributed by atoms with van der Waals surface area (Å²) >= 11 is 0. The number of hydrogen-bond donors (Lipinski definition) is 1. The first-order valence-corrected chi connectivity index (χ1v) is 5.12. The number of nitrogens with zero attached hydrogens (tertiary/aromatic N) is 1. The van der Waals surface area contributed by atoms with E-state index in [0.717, 1.165) is 37.9 Å². The lowest BCUT2D eigenvalue weighted by Gasteiger charge is -2.41. The highest BCUT2D eigenvalue weighted by atomic mass is 16.3. The van der Waals surface area contributed by atoms with Gasteiger partial charge in [-0.1, -0.05) is 12.2 Å². The van der Waals surface area contributed by atoms with Crippen molar-refractivity contribution in [3.8, 4) is 0 Å². The van der Waals surface area contributed by atoms with Crippen molar-refractivity contribution in [2.45, 2.75) is 38.7 Å². The summed E-state index contributed by atoms with van der Waals surface area (Å²) in [7, 11) is 0. The number of aliphatic imine (C=N–C) groups is 1. The van der Waals surface area contributed by atoms with Crippen molar-refractivity contribution >= 4 is 5.71 Å². The van der Waals surface area contributed by atoms with Gasteiger partial charge in [-0.25, -0.2) is 0 Å². The smallest absolute Gasteiger partial charge is 0.0829 e. The molecule has 1 heterocycles. The molecule has 2 aliphatic rings. The minimum absolute atomic E-state index is 0.00694. The quantitative estimate of drug-likeness (QED) is 0.566. The number of rotatable bonds is 0. The molecular formula is C11H17NO. The molecule has 0 aromatic heterocycles. The molecule has 0 fully saturated rings. The number of aliphatic hydroxyl groups excluding tert-OH is 1. The normalized spacial score (nSPS) is 39.2. The maximum atomic E-state index is 9.99. The molecule has 1 spiro atoms. The molecule has 2 nitrogen and oxygen atoms in total. The first kappa shape index (κ1) is 8.95. The standard InChI is InChI=1S/C11H17NO/c1-9-11(7-4-8-12-9)6-3-2-5-10(11)13/h2,5,10,13H,3-4,6-8H2,1H3/t10-,11-/m1/s1. The Morgan fingerprint density at radius 1 is 1.54 bits per heavy atom. The van der Waals surface area contributed by atoms with Crippen molar-refractivity contribution in [2.24, 2.45) is 10.4 Å². The molecule has 0 unspecified atom stereocenters. The molecule has 0 amide bonds. The predicted molar refractivity (Wildman–Crippen MR) is 54.0 cm³/mol. The third-order valence-corrected chi connectivity index (χ3v) is 3.49. The lowest BCUT2D eigenvalue weighted by Crippen LogP contribution is -2.43. The van der Waals surface area contributed by atoms with E-state index in [-0.39, 0.29) is 11.5 Å². The van der Waals surface area contributed by atoms with E-state index in [1.54, 1.807) is 0 Å². The van der Waals surface area contributed by atoms with E-state index in [0.29, 0.717) is 0 Å². The summed E-state index contributed by atoms with van der Waals surface area (Å²) in [6.07, 6.45) is 8.11. The van der Waals surface area contributed by atoms with Gasteiger partial charge in [0.05, 0.1) is 6.10 Å². The van der Waals surface area contributed by atoms with E-state index in [2.05, 4.69) is 18.0 Å². The maximum Gasteiger partial charge on any atom is 0.0829 e. The molecule has 0 bridgehead atoms. The highest BCUT2D eigenvalue weighted by molar-refractivity contribution is 5.89. The maximum absolute atomic E-state index is 9.99. The van der Waals surface area contributed by atoms with Crippen LogP contribution in [0.4, 0.5) is 0 Å². The topological polar surface area (TPSA) is 32.6 Å². The molecule has 0 aromatic rings. The summed E-state index contributed by atoms with van der Waals surface area (Å²) in [6, 6.07) is 0. The number of aliphatic hydroxyl groups is 1. The average molecular weight is 179 g/mol. The zero-order chi connectivity index (χ0) is 9.31. The van der Waals surface area contributed by atoms with Crippen LogP contribution in [-0.4, -0.2) is 23.5 Å². The van der Waals surface area contributed by atoms with Crippen LogP contribution < -0.4 is 0 Å². The van der Waals surface area contributed by atoms with Gasteiger partial charge in [0, 0.05) is 17.7 Å². The van der Waals surface area contributed by atoms with Gasteiger partial charge in [-0.3, -0.25) is 4.99 Å². The molecule has 0 saturated carbocycles. The van der Waals surface area contributed by atoms with Crippen molar-refractivity contribution in [1.82, 2.24) is 0 Å². The Bertz CT molecular complexity index is 257. The van der Waals surface area contributed by atoms with Crippen molar-refractivity contribution in [2.75, 3.05) is 6.54 Å². The molecule has 1 N–H and O–H groups in total. The zero-order valence-electron chi connectivity index (χ0n) is 8.16. The Morgan fingerprint density at radius 2 is 2.38 bits per heavy atom. The summed E-state index contributed by atoms with van der Waals surface area (Å²) in [5, 5.41) is 9.99. The molecule has 13 heavy (non-hydrogen) atoms. The van der Waals surface area contributed by atoms with Crippen LogP contribution in [-0.2, 0) is 0 Å². The van der Waals surface area contributed by atoms with E-state index in [9.17, 15) is 5.11 Å². The first-order chi connectivity index (χ1) is 6.26. The van der Waals surface area contributed by atoms with Gasteiger partial charge in [-0.2, -0.15) is 0 Å². The van der Waals surface area contributed by atoms with Crippen LogP contribution in [0.5, 0.6) is 0 Å². The van der Waals surface area contributed by atoms with Gasteiger partial charge in [0.15, 0.2) is 0 Å². The molecule has 1 aliphatic carbocycles.